The first-order chi connectivity index (χ1) is 8.93. The summed E-state index contributed by atoms with van der Waals surface area (Å²) in [5.41, 5.74) is 0. The third-order valence-electron chi connectivity index (χ3n) is 3.85. The van der Waals surface area contributed by atoms with Gasteiger partial charge in [-0.15, -0.1) is 0 Å². The van der Waals surface area contributed by atoms with Crippen molar-refractivity contribution in [1.29, 1.82) is 0 Å². The molecule has 3 atom stereocenters. The van der Waals surface area contributed by atoms with Crippen LogP contribution in [0.3, 0.4) is 0 Å². The summed E-state index contributed by atoms with van der Waals surface area (Å²) in [6.45, 7) is 0. The van der Waals surface area contributed by atoms with Crippen molar-refractivity contribution in [2.45, 2.75) is 38.1 Å². The molecule has 7 nitrogen and oxygen atoms in total. The lowest BCUT2D eigenvalue weighted by molar-refractivity contribution is -0.156. The number of amides is 2. The van der Waals surface area contributed by atoms with Crippen molar-refractivity contribution in [2.24, 2.45) is 11.8 Å². The number of rotatable bonds is 5. The predicted molar refractivity (Wildman–Crippen MR) is 61.0 cm³/mol. The van der Waals surface area contributed by atoms with E-state index in [1.54, 1.807) is 0 Å². The Morgan fingerprint density at radius 2 is 1.68 bits per heavy atom. The highest BCUT2D eigenvalue weighted by Crippen LogP contribution is 2.40. The fourth-order valence-corrected chi connectivity index (χ4v) is 2.95. The number of carboxylic acids is 2. The second-order valence-electron chi connectivity index (χ2n) is 4.98. The summed E-state index contributed by atoms with van der Waals surface area (Å²) < 4.78 is 0. The number of carbonyl (C=O) groups excluding carboxylic acids is 2. The Bertz CT molecular complexity index is 424. The van der Waals surface area contributed by atoms with Crippen LogP contribution in [0.4, 0.5) is 0 Å². The molecule has 1 aliphatic heterocycles. The van der Waals surface area contributed by atoms with Crippen LogP contribution >= 0.6 is 0 Å². The highest BCUT2D eigenvalue weighted by atomic mass is 16.4. The maximum atomic E-state index is 12.1. The smallest absolute Gasteiger partial charge is 0.326 e. The number of aliphatic carboxylic acids is 2. The lowest BCUT2D eigenvalue weighted by Crippen LogP contribution is -2.46. The van der Waals surface area contributed by atoms with Crippen LogP contribution in [0.2, 0.25) is 0 Å². The van der Waals surface area contributed by atoms with Gasteiger partial charge in [0.15, 0.2) is 0 Å². The summed E-state index contributed by atoms with van der Waals surface area (Å²) in [7, 11) is 0. The van der Waals surface area contributed by atoms with Gasteiger partial charge in [0.05, 0.1) is 11.8 Å². The van der Waals surface area contributed by atoms with Crippen molar-refractivity contribution in [3.05, 3.63) is 0 Å². The predicted octanol–water partition coefficient (Wildman–Crippen LogP) is 0.0895. The summed E-state index contributed by atoms with van der Waals surface area (Å²) in [5, 5.41) is 17.7. The summed E-state index contributed by atoms with van der Waals surface area (Å²) >= 11 is 0. The first-order valence-electron chi connectivity index (χ1n) is 6.25. The number of fused-ring (bicyclic) bond motifs is 1. The van der Waals surface area contributed by atoms with Gasteiger partial charge in [-0.25, -0.2) is 4.79 Å². The van der Waals surface area contributed by atoms with E-state index in [9.17, 15) is 19.2 Å². The van der Waals surface area contributed by atoms with Gasteiger partial charge >= 0.3 is 11.9 Å². The zero-order valence-corrected chi connectivity index (χ0v) is 10.2. The monoisotopic (exact) mass is 269 g/mol. The van der Waals surface area contributed by atoms with Crippen LogP contribution in [0.15, 0.2) is 0 Å². The van der Waals surface area contributed by atoms with Crippen LogP contribution in [-0.4, -0.2) is 44.9 Å². The Balaban J connectivity index is 2.17. The number of imide groups is 1. The topological polar surface area (TPSA) is 112 Å². The molecule has 1 saturated heterocycles. The van der Waals surface area contributed by atoms with Gasteiger partial charge in [0.25, 0.3) is 0 Å². The second-order valence-corrected chi connectivity index (χ2v) is 4.98. The molecule has 2 amide bonds. The molecule has 2 aliphatic rings. The third-order valence-corrected chi connectivity index (χ3v) is 3.85. The minimum atomic E-state index is -1.36. The van der Waals surface area contributed by atoms with Gasteiger partial charge in [-0.3, -0.25) is 19.3 Å². The van der Waals surface area contributed by atoms with Gasteiger partial charge in [-0.05, 0) is 19.3 Å². The van der Waals surface area contributed by atoms with E-state index < -0.39 is 41.6 Å². The molecule has 0 aromatic rings. The van der Waals surface area contributed by atoms with E-state index in [0.29, 0.717) is 12.8 Å². The van der Waals surface area contributed by atoms with Crippen molar-refractivity contribution >= 4 is 23.8 Å². The largest absolute Gasteiger partial charge is 0.481 e. The Labute approximate surface area is 109 Å². The maximum Gasteiger partial charge on any atom is 0.326 e. The van der Waals surface area contributed by atoms with Gasteiger partial charge in [-0.1, -0.05) is 6.42 Å². The van der Waals surface area contributed by atoms with E-state index in [0.717, 1.165) is 11.3 Å². The van der Waals surface area contributed by atoms with Crippen molar-refractivity contribution in [2.75, 3.05) is 0 Å². The van der Waals surface area contributed by atoms with E-state index >= 15 is 0 Å². The normalized spacial score (nSPS) is 27.5. The zero-order chi connectivity index (χ0) is 14.2. The highest BCUT2D eigenvalue weighted by molar-refractivity contribution is 6.08. The molecule has 0 radical (unpaired) electrons. The molecule has 2 rings (SSSR count). The standard InChI is InChI=1S/C12H15NO6/c14-9(15)5-4-8(12(18)19)13-10(16)6-2-1-3-7(6)11(13)17/h6-8H,1-5H2,(H,14,15)(H,18,19). The molecule has 2 N–H and O–H groups in total. The van der Waals surface area contributed by atoms with Crippen LogP contribution in [-0.2, 0) is 19.2 Å². The van der Waals surface area contributed by atoms with Crippen molar-refractivity contribution in [3.63, 3.8) is 0 Å². The second kappa shape index (κ2) is 4.99. The van der Waals surface area contributed by atoms with E-state index in [4.69, 9.17) is 10.2 Å². The average molecular weight is 269 g/mol. The van der Waals surface area contributed by atoms with Crippen LogP contribution in [0.25, 0.3) is 0 Å². The molecule has 0 aromatic carbocycles. The molecule has 1 aliphatic carbocycles. The van der Waals surface area contributed by atoms with Crippen LogP contribution < -0.4 is 0 Å². The molecular formula is C12H15NO6. The van der Waals surface area contributed by atoms with Gasteiger partial charge in [0.1, 0.15) is 6.04 Å². The summed E-state index contributed by atoms with van der Waals surface area (Å²) in [4.78, 5) is 46.6. The van der Waals surface area contributed by atoms with Crippen LogP contribution in [0, 0.1) is 11.8 Å². The lowest BCUT2D eigenvalue weighted by atomic mass is 10.00. The molecule has 0 bridgehead atoms. The van der Waals surface area contributed by atoms with E-state index in [-0.39, 0.29) is 12.8 Å². The van der Waals surface area contributed by atoms with Gasteiger partial charge in [0, 0.05) is 6.42 Å². The van der Waals surface area contributed by atoms with Crippen molar-refractivity contribution < 1.29 is 29.4 Å². The number of carbonyl (C=O) groups is 4. The number of nitrogens with zero attached hydrogens (tertiary/aromatic N) is 1. The molecule has 104 valence electrons. The molecule has 19 heavy (non-hydrogen) atoms. The molecule has 2 fully saturated rings. The summed E-state index contributed by atoms with van der Waals surface area (Å²) in [5.74, 6) is -4.19. The fourth-order valence-electron chi connectivity index (χ4n) is 2.95. The zero-order valence-electron chi connectivity index (χ0n) is 10.2. The van der Waals surface area contributed by atoms with E-state index in [1.807, 2.05) is 0 Å². The van der Waals surface area contributed by atoms with E-state index in [2.05, 4.69) is 0 Å². The van der Waals surface area contributed by atoms with Crippen molar-refractivity contribution in [3.8, 4) is 0 Å². The number of hydrogen-bond acceptors (Lipinski definition) is 4. The third kappa shape index (κ3) is 2.32. The summed E-state index contributed by atoms with van der Waals surface area (Å²) in [6.07, 6.45) is 1.38. The maximum absolute atomic E-state index is 12.1. The molecule has 0 spiro atoms. The highest BCUT2D eigenvalue weighted by Gasteiger charge is 2.53. The van der Waals surface area contributed by atoms with Gasteiger partial charge in [0.2, 0.25) is 11.8 Å². The molecule has 3 unspecified atom stereocenters. The first kappa shape index (κ1) is 13.5. The first-order valence-corrected chi connectivity index (χ1v) is 6.25. The Morgan fingerprint density at radius 3 is 2.11 bits per heavy atom. The van der Waals surface area contributed by atoms with Crippen molar-refractivity contribution in [1.82, 2.24) is 4.90 Å². The van der Waals surface area contributed by atoms with Crippen LogP contribution in [0.1, 0.15) is 32.1 Å². The average Bonchev–Trinajstić information content (AvgIpc) is 2.87. The number of carboxylic acid groups (broad SMARTS) is 2. The lowest BCUT2D eigenvalue weighted by Gasteiger charge is -2.23. The molecule has 1 heterocycles. The molecule has 1 saturated carbocycles. The number of likely N-dealkylation sites (tertiary alicyclic amines) is 1. The molecule has 0 aromatic heterocycles. The van der Waals surface area contributed by atoms with E-state index in [1.165, 1.54) is 0 Å². The fraction of sp³-hybridized carbons (Fsp3) is 0.667. The molecule has 7 heteroatoms. The van der Waals surface area contributed by atoms with Crippen LogP contribution in [0.5, 0.6) is 0 Å². The minimum Gasteiger partial charge on any atom is -0.481 e. The summed E-state index contributed by atoms with van der Waals surface area (Å²) in [6, 6.07) is -1.36. The minimum absolute atomic E-state index is 0.248. The SMILES string of the molecule is O=C(O)CCC(C(=O)O)N1C(=O)C2CCCC2C1=O. The Hall–Kier alpha value is -1.92. The quantitative estimate of drug-likeness (QED) is 0.684. The molecular weight excluding hydrogens is 254 g/mol. The Kier molecular flexibility index (Phi) is 3.55. The van der Waals surface area contributed by atoms with Gasteiger partial charge < -0.3 is 10.2 Å². The van der Waals surface area contributed by atoms with Gasteiger partial charge in [-0.2, -0.15) is 0 Å². The number of hydrogen-bond donors (Lipinski definition) is 2. The Morgan fingerprint density at radius 1 is 1.16 bits per heavy atom.